The van der Waals surface area contributed by atoms with Gasteiger partial charge < -0.3 is 15.2 Å². The summed E-state index contributed by atoms with van der Waals surface area (Å²) < 4.78 is 4.83. The Kier molecular flexibility index (Phi) is 3.98. The molecule has 0 spiro atoms. The fraction of sp³-hybridized carbons (Fsp3) is 0.500. The molecular formula is C8H13N3O2. The topological polar surface area (TPSA) is 67.2 Å². The SMILES string of the molecule is CCNC(=O)CNCc1ccno1. The highest BCUT2D eigenvalue weighted by Crippen LogP contribution is 1.93. The molecule has 0 radical (unpaired) electrons. The lowest BCUT2D eigenvalue weighted by Gasteiger charge is -2.01. The van der Waals surface area contributed by atoms with Gasteiger partial charge in [0.25, 0.3) is 0 Å². The molecule has 0 aliphatic rings. The first-order chi connectivity index (χ1) is 6.33. The van der Waals surface area contributed by atoms with Crippen molar-refractivity contribution in [3.05, 3.63) is 18.0 Å². The molecule has 1 amide bonds. The molecule has 1 rings (SSSR count). The number of carbonyl (C=O) groups excluding carboxylic acids is 1. The van der Waals surface area contributed by atoms with Crippen LogP contribution in [-0.2, 0) is 11.3 Å². The van der Waals surface area contributed by atoms with Gasteiger partial charge >= 0.3 is 0 Å². The van der Waals surface area contributed by atoms with Gasteiger partial charge in [0.15, 0.2) is 0 Å². The van der Waals surface area contributed by atoms with Gasteiger partial charge in [-0.15, -0.1) is 0 Å². The second kappa shape index (κ2) is 5.31. The summed E-state index contributed by atoms with van der Waals surface area (Å²) in [6.45, 7) is 3.36. The maximum atomic E-state index is 11.0. The van der Waals surface area contributed by atoms with Gasteiger partial charge in [0.2, 0.25) is 5.91 Å². The highest BCUT2D eigenvalue weighted by molar-refractivity contribution is 5.77. The van der Waals surface area contributed by atoms with E-state index >= 15 is 0 Å². The van der Waals surface area contributed by atoms with E-state index in [1.165, 1.54) is 0 Å². The lowest BCUT2D eigenvalue weighted by Crippen LogP contribution is -2.33. The van der Waals surface area contributed by atoms with Gasteiger partial charge in [-0.25, -0.2) is 0 Å². The molecule has 1 aromatic heterocycles. The van der Waals surface area contributed by atoms with Crippen molar-refractivity contribution in [2.75, 3.05) is 13.1 Å². The maximum Gasteiger partial charge on any atom is 0.233 e. The van der Waals surface area contributed by atoms with Crippen LogP contribution in [0.2, 0.25) is 0 Å². The van der Waals surface area contributed by atoms with Gasteiger partial charge in [-0.2, -0.15) is 0 Å². The number of rotatable bonds is 5. The van der Waals surface area contributed by atoms with Gasteiger partial charge in [-0.3, -0.25) is 4.79 Å². The second-order valence-corrected chi connectivity index (χ2v) is 2.54. The van der Waals surface area contributed by atoms with Crippen LogP contribution in [0.4, 0.5) is 0 Å². The molecule has 72 valence electrons. The van der Waals surface area contributed by atoms with Crippen LogP contribution in [-0.4, -0.2) is 24.2 Å². The number of nitrogens with zero attached hydrogens (tertiary/aromatic N) is 1. The molecule has 0 saturated carbocycles. The second-order valence-electron chi connectivity index (χ2n) is 2.54. The zero-order valence-electron chi connectivity index (χ0n) is 7.54. The Morgan fingerprint density at radius 2 is 2.54 bits per heavy atom. The first-order valence-corrected chi connectivity index (χ1v) is 4.20. The fourth-order valence-electron chi connectivity index (χ4n) is 0.892. The Morgan fingerprint density at radius 1 is 1.69 bits per heavy atom. The van der Waals surface area contributed by atoms with E-state index in [9.17, 15) is 4.79 Å². The molecule has 1 heterocycles. The van der Waals surface area contributed by atoms with Crippen LogP contribution in [0.3, 0.4) is 0 Å². The molecule has 13 heavy (non-hydrogen) atoms. The van der Waals surface area contributed by atoms with Gasteiger partial charge in [0, 0.05) is 12.6 Å². The van der Waals surface area contributed by atoms with Crippen molar-refractivity contribution >= 4 is 5.91 Å². The van der Waals surface area contributed by atoms with E-state index in [1.54, 1.807) is 12.3 Å². The highest BCUT2D eigenvalue weighted by atomic mass is 16.5. The molecule has 0 aromatic carbocycles. The van der Waals surface area contributed by atoms with Crippen LogP contribution in [0.5, 0.6) is 0 Å². The van der Waals surface area contributed by atoms with E-state index in [4.69, 9.17) is 4.52 Å². The summed E-state index contributed by atoms with van der Waals surface area (Å²) in [7, 11) is 0. The fourth-order valence-corrected chi connectivity index (χ4v) is 0.892. The highest BCUT2D eigenvalue weighted by Gasteiger charge is 1.99. The largest absolute Gasteiger partial charge is 0.360 e. The minimum absolute atomic E-state index is 0.0120. The van der Waals surface area contributed by atoms with Crippen molar-refractivity contribution in [3.63, 3.8) is 0 Å². The van der Waals surface area contributed by atoms with Crippen molar-refractivity contribution in [2.45, 2.75) is 13.5 Å². The van der Waals surface area contributed by atoms with Crippen molar-refractivity contribution < 1.29 is 9.32 Å². The van der Waals surface area contributed by atoms with Crippen molar-refractivity contribution in [1.29, 1.82) is 0 Å². The number of nitrogens with one attached hydrogen (secondary N) is 2. The number of likely N-dealkylation sites (N-methyl/N-ethyl adjacent to an activating group) is 1. The van der Waals surface area contributed by atoms with Crippen molar-refractivity contribution in [3.8, 4) is 0 Å². The minimum atomic E-state index is -0.0120. The Labute approximate surface area is 76.5 Å². The van der Waals surface area contributed by atoms with E-state index in [0.29, 0.717) is 19.6 Å². The summed E-state index contributed by atoms with van der Waals surface area (Å²) in [6.07, 6.45) is 1.57. The number of hydrogen-bond acceptors (Lipinski definition) is 4. The number of hydrogen-bond donors (Lipinski definition) is 2. The summed E-state index contributed by atoms with van der Waals surface area (Å²) in [5.41, 5.74) is 0. The molecule has 0 saturated heterocycles. The third-order valence-corrected chi connectivity index (χ3v) is 1.45. The van der Waals surface area contributed by atoms with E-state index in [1.807, 2.05) is 6.92 Å². The van der Waals surface area contributed by atoms with Crippen LogP contribution < -0.4 is 10.6 Å². The summed E-state index contributed by atoms with van der Waals surface area (Å²) in [4.78, 5) is 11.0. The van der Waals surface area contributed by atoms with Crippen molar-refractivity contribution in [2.24, 2.45) is 0 Å². The first-order valence-electron chi connectivity index (χ1n) is 4.20. The number of carbonyl (C=O) groups is 1. The Bertz CT molecular complexity index is 246. The normalized spacial score (nSPS) is 9.92. The Morgan fingerprint density at radius 3 is 3.15 bits per heavy atom. The van der Waals surface area contributed by atoms with E-state index in [2.05, 4.69) is 15.8 Å². The lowest BCUT2D eigenvalue weighted by molar-refractivity contribution is -0.120. The van der Waals surface area contributed by atoms with E-state index in [-0.39, 0.29) is 5.91 Å². The van der Waals surface area contributed by atoms with Crippen LogP contribution in [0.25, 0.3) is 0 Å². The van der Waals surface area contributed by atoms with Gasteiger partial charge in [-0.05, 0) is 6.92 Å². The number of aromatic nitrogens is 1. The van der Waals surface area contributed by atoms with Crippen LogP contribution in [0.1, 0.15) is 12.7 Å². The predicted octanol–water partition coefficient (Wildman–Crippen LogP) is -0.0997. The molecule has 5 heteroatoms. The predicted molar refractivity (Wildman–Crippen MR) is 46.9 cm³/mol. The van der Waals surface area contributed by atoms with Crippen LogP contribution in [0, 0.1) is 0 Å². The summed E-state index contributed by atoms with van der Waals surface area (Å²) in [5, 5.41) is 9.15. The average molecular weight is 183 g/mol. The molecule has 5 nitrogen and oxygen atoms in total. The van der Waals surface area contributed by atoms with Gasteiger partial charge in [-0.1, -0.05) is 5.16 Å². The molecule has 1 aromatic rings. The zero-order chi connectivity index (χ0) is 9.52. The summed E-state index contributed by atoms with van der Waals surface area (Å²) >= 11 is 0. The molecule has 0 unspecified atom stereocenters. The zero-order valence-corrected chi connectivity index (χ0v) is 7.54. The molecule has 0 fully saturated rings. The quantitative estimate of drug-likeness (QED) is 0.669. The van der Waals surface area contributed by atoms with Crippen molar-refractivity contribution in [1.82, 2.24) is 15.8 Å². The third kappa shape index (κ3) is 3.71. The molecule has 0 aliphatic heterocycles. The van der Waals surface area contributed by atoms with Gasteiger partial charge in [0.05, 0.1) is 19.3 Å². The van der Waals surface area contributed by atoms with Crippen LogP contribution >= 0.6 is 0 Å². The van der Waals surface area contributed by atoms with Crippen LogP contribution in [0.15, 0.2) is 16.8 Å². The van der Waals surface area contributed by atoms with E-state index < -0.39 is 0 Å². The maximum absolute atomic E-state index is 11.0. The smallest absolute Gasteiger partial charge is 0.233 e. The number of amides is 1. The lowest BCUT2D eigenvalue weighted by atomic mass is 10.4. The van der Waals surface area contributed by atoms with Gasteiger partial charge in [0.1, 0.15) is 5.76 Å². The first kappa shape index (κ1) is 9.73. The Hall–Kier alpha value is -1.36. The monoisotopic (exact) mass is 183 g/mol. The minimum Gasteiger partial charge on any atom is -0.360 e. The molecule has 2 N–H and O–H groups in total. The molecular weight excluding hydrogens is 170 g/mol. The standard InChI is InChI=1S/C8H13N3O2/c1-2-10-8(12)6-9-5-7-3-4-11-13-7/h3-4,9H,2,5-6H2,1H3,(H,10,12). The molecule has 0 bridgehead atoms. The third-order valence-electron chi connectivity index (χ3n) is 1.45. The van der Waals surface area contributed by atoms with E-state index in [0.717, 1.165) is 5.76 Å². The molecule has 0 aliphatic carbocycles. The molecule has 0 atom stereocenters. The Balaban J connectivity index is 2.11. The summed E-state index contributed by atoms with van der Waals surface area (Å²) in [6, 6.07) is 1.75. The summed E-state index contributed by atoms with van der Waals surface area (Å²) in [5.74, 6) is 0.714. The average Bonchev–Trinajstić information content (AvgIpc) is 2.57.